The molecule has 1 aliphatic heterocycles. The van der Waals surface area contributed by atoms with Gasteiger partial charge in [-0.25, -0.2) is 12.8 Å². The van der Waals surface area contributed by atoms with E-state index in [1.807, 2.05) is 12.1 Å². The summed E-state index contributed by atoms with van der Waals surface area (Å²) in [6.07, 6.45) is 0.256. The first kappa shape index (κ1) is 26.4. The lowest BCUT2D eigenvalue weighted by atomic mass is 10.1. The van der Waals surface area contributed by atoms with Crippen molar-refractivity contribution in [2.45, 2.75) is 30.4 Å². The summed E-state index contributed by atoms with van der Waals surface area (Å²) < 4.78 is 49.3. The van der Waals surface area contributed by atoms with Gasteiger partial charge in [0.25, 0.3) is 0 Å². The number of carbonyl (C=O) groups is 1. The summed E-state index contributed by atoms with van der Waals surface area (Å²) in [6.45, 7) is 0.284. The number of nitrogens with zero attached hydrogens (tertiary/aromatic N) is 3. The van der Waals surface area contributed by atoms with Crippen molar-refractivity contribution in [1.29, 1.82) is 5.26 Å². The lowest BCUT2D eigenvalue weighted by molar-refractivity contribution is -0.131. The van der Waals surface area contributed by atoms with E-state index < -0.39 is 21.9 Å². The molecule has 7 nitrogen and oxygen atoms in total. The van der Waals surface area contributed by atoms with Crippen LogP contribution in [0.5, 0.6) is 5.75 Å². The number of halogens is 1. The molecular formula is C30H26FN3O4S. The lowest BCUT2D eigenvalue weighted by Gasteiger charge is -2.28. The number of hydrogen-bond acceptors (Lipinski definition) is 5. The van der Waals surface area contributed by atoms with E-state index in [0.29, 0.717) is 23.2 Å². The Kier molecular flexibility index (Phi) is 7.33. The molecule has 0 aliphatic carbocycles. The molecule has 1 atom stereocenters. The molecule has 1 fully saturated rings. The minimum Gasteiger partial charge on any atom is -0.497 e. The van der Waals surface area contributed by atoms with Gasteiger partial charge in [0.15, 0.2) is 0 Å². The van der Waals surface area contributed by atoms with E-state index in [4.69, 9.17) is 4.74 Å². The van der Waals surface area contributed by atoms with Crippen LogP contribution < -0.4 is 4.74 Å². The van der Waals surface area contributed by atoms with Crippen LogP contribution in [0.2, 0.25) is 0 Å². The van der Waals surface area contributed by atoms with Crippen LogP contribution >= 0.6 is 0 Å². The van der Waals surface area contributed by atoms with Crippen molar-refractivity contribution in [2.24, 2.45) is 0 Å². The normalized spacial score (nSPS) is 15.6. The smallest absolute Gasteiger partial charge is 0.244 e. The van der Waals surface area contributed by atoms with Crippen LogP contribution in [0.1, 0.15) is 23.1 Å². The van der Waals surface area contributed by atoms with Crippen molar-refractivity contribution >= 4 is 26.7 Å². The molecule has 0 bridgehead atoms. The van der Waals surface area contributed by atoms with Crippen molar-refractivity contribution < 1.29 is 22.3 Å². The summed E-state index contributed by atoms with van der Waals surface area (Å²) in [6, 6.07) is 24.1. The molecule has 0 unspecified atom stereocenters. The number of rotatable bonds is 8. The molecule has 1 amide bonds. The van der Waals surface area contributed by atoms with E-state index in [0.717, 1.165) is 15.3 Å². The predicted octanol–water partition coefficient (Wildman–Crippen LogP) is 4.85. The fourth-order valence-corrected chi connectivity index (χ4v) is 6.52. The van der Waals surface area contributed by atoms with E-state index in [1.54, 1.807) is 53.4 Å². The summed E-state index contributed by atoms with van der Waals surface area (Å²) in [7, 11) is -2.68. The summed E-state index contributed by atoms with van der Waals surface area (Å²) in [5.41, 5.74) is 1.43. The van der Waals surface area contributed by atoms with Crippen LogP contribution in [0.4, 0.5) is 4.39 Å². The van der Waals surface area contributed by atoms with E-state index >= 15 is 0 Å². The zero-order valence-electron chi connectivity index (χ0n) is 21.2. The number of sulfonamides is 1. The number of methoxy groups -OCH3 is 1. The first-order valence-electron chi connectivity index (χ1n) is 12.4. The Morgan fingerprint density at radius 1 is 1.03 bits per heavy atom. The van der Waals surface area contributed by atoms with E-state index in [2.05, 4.69) is 6.07 Å². The van der Waals surface area contributed by atoms with Gasteiger partial charge in [-0.1, -0.05) is 42.5 Å². The molecule has 1 heterocycles. The molecule has 0 radical (unpaired) electrons. The molecule has 0 spiro atoms. The molecule has 39 heavy (non-hydrogen) atoms. The van der Waals surface area contributed by atoms with Gasteiger partial charge in [0.2, 0.25) is 15.9 Å². The van der Waals surface area contributed by atoms with Gasteiger partial charge in [0.1, 0.15) is 17.6 Å². The highest BCUT2D eigenvalue weighted by molar-refractivity contribution is 7.89. The highest BCUT2D eigenvalue weighted by Gasteiger charge is 2.42. The van der Waals surface area contributed by atoms with Crippen LogP contribution in [0, 0.1) is 17.1 Å². The third kappa shape index (κ3) is 5.35. The van der Waals surface area contributed by atoms with Gasteiger partial charge in [-0.15, -0.1) is 0 Å². The zero-order chi connectivity index (χ0) is 27.6. The highest BCUT2D eigenvalue weighted by atomic mass is 32.2. The molecule has 198 valence electrons. The molecule has 0 N–H and O–H groups in total. The van der Waals surface area contributed by atoms with Crippen LogP contribution in [0.3, 0.4) is 0 Å². The molecule has 5 rings (SSSR count). The summed E-state index contributed by atoms with van der Waals surface area (Å²) in [4.78, 5) is 15.2. The first-order valence-corrected chi connectivity index (χ1v) is 13.8. The fraction of sp³-hybridized carbons (Fsp3) is 0.200. The molecule has 1 aliphatic rings. The van der Waals surface area contributed by atoms with Crippen molar-refractivity contribution in [1.82, 2.24) is 9.21 Å². The Hall–Kier alpha value is -4.26. The number of hydrogen-bond donors (Lipinski definition) is 0. The molecular weight excluding hydrogens is 517 g/mol. The van der Waals surface area contributed by atoms with Crippen LogP contribution in [-0.4, -0.2) is 43.2 Å². The number of carbonyl (C=O) groups excluding carboxylic acids is 1. The highest BCUT2D eigenvalue weighted by Crippen LogP contribution is 2.31. The van der Waals surface area contributed by atoms with Gasteiger partial charge >= 0.3 is 0 Å². The maximum Gasteiger partial charge on any atom is 0.244 e. The molecule has 4 aromatic rings. The van der Waals surface area contributed by atoms with Gasteiger partial charge in [-0.2, -0.15) is 9.57 Å². The standard InChI is InChI=1S/C30H26FN3O4S/c1-38-26-11-9-23-10-12-27(17-25(23)16-26)39(36,37)34(20-24-7-2-3-8-28(24)31)29-13-14-33(30(29)35)19-22-6-4-5-21(15-22)18-32/h2-12,15-17,29H,13-14,19-20H2,1H3/t29-/m0/s1. The van der Waals surface area contributed by atoms with Gasteiger partial charge in [0, 0.05) is 25.2 Å². The van der Waals surface area contributed by atoms with Crippen LogP contribution in [0.15, 0.2) is 89.8 Å². The van der Waals surface area contributed by atoms with Crippen LogP contribution in [-0.2, 0) is 27.9 Å². The third-order valence-corrected chi connectivity index (χ3v) is 8.81. The van der Waals surface area contributed by atoms with Gasteiger partial charge in [-0.05, 0) is 65.2 Å². The average Bonchev–Trinajstić information content (AvgIpc) is 3.30. The second kappa shape index (κ2) is 10.8. The first-order chi connectivity index (χ1) is 18.8. The number of benzene rings is 4. The van der Waals surface area contributed by atoms with Crippen molar-refractivity contribution in [2.75, 3.05) is 13.7 Å². The van der Waals surface area contributed by atoms with Gasteiger partial charge < -0.3 is 9.64 Å². The average molecular weight is 544 g/mol. The second-order valence-corrected chi connectivity index (χ2v) is 11.3. The molecule has 0 saturated carbocycles. The zero-order valence-corrected chi connectivity index (χ0v) is 22.1. The third-order valence-electron chi connectivity index (χ3n) is 6.96. The monoisotopic (exact) mass is 543 g/mol. The minimum atomic E-state index is -4.22. The number of fused-ring (bicyclic) bond motifs is 1. The molecule has 0 aromatic heterocycles. The summed E-state index contributed by atoms with van der Waals surface area (Å²) in [5.74, 6) is -0.321. The van der Waals surface area contributed by atoms with E-state index in [-0.39, 0.29) is 35.9 Å². The van der Waals surface area contributed by atoms with Crippen LogP contribution in [0.25, 0.3) is 10.8 Å². The largest absolute Gasteiger partial charge is 0.497 e. The number of amides is 1. The Morgan fingerprint density at radius 2 is 1.82 bits per heavy atom. The van der Waals surface area contributed by atoms with E-state index in [9.17, 15) is 22.9 Å². The Bertz CT molecular complexity index is 1700. The Labute approximate surface area is 226 Å². The number of likely N-dealkylation sites (tertiary alicyclic amines) is 1. The molecule has 4 aromatic carbocycles. The van der Waals surface area contributed by atoms with Crippen molar-refractivity contribution in [3.05, 3.63) is 107 Å². The maximum atomic E-state index is 14.7. The molecule has 9 heteroatoms. The number of nitriles is 1. The minimum absolute atomic E-state index is 0.00700. The van der Waals surface area contributed by atoms with Crippen molar-refractivity contribution in [3.63, 3.8) is 0 Å². The summed E-state index contributed by atoms with van der Waals surface area (Å²) in [5, 5.41) is 10.7. The van der Waals surface area contributed by atoms with Gasteiger partial charge in [-0.3, -0.25) is 4.79 Å². The van der Waals surface area contributed by atoms with Crippen molar-refractivity contribution in [3.8, 4) is 11.8 Å². The summed E-state index contributed by atoms with van der Waals surface area (Å²) >= 11 is 0. The predicted molar refractivity (Wildman–Crippen MR) is 145 cm³/mol. The molecule has 1 saturated heterocycles. The van der Waals surface area contributed by atoms with Gasteiger partial charge in [0.05, 0.1) is 23.6 Å². The van der Waals surface area contributed by atoms with E-state index in [1.165, 1.54) is 31.4 Å². The quantitative estimate of drug-likeness (QED) is 0.317. The number of ether oxygens (including phenoxy) is 1. The lowest BCUT2D eigenvalue weighted by Crippen LogP contribution is -2.44. The fourth-order valence-electron chi connectivity index (χ4n) is 4.89. The Balaban J connectivity index is 1.51. The topological polar surface area (TPSA) is 90.7 Å². The maximum absolute atomic E-state index is 14.7. The Morgan fingerprint density at radius 3 is 2.59 bits per heavy atom. The second-order valence-electron chi connectivity index (χ2n) is 9.39. The SMILES string of the molecule is COc1ccc2ccc(S(=O)(=O)N(Cc3ccccc3F)[C@H]3CCN(Cc4cccc(C#N)c4)C3=O)cc2c1.